The summed E-state index contributed by atoms with van der Waals surface area (Å²) in [6, 6.07) is 4.90. The van der Waals surface area contributed by atoms with E-state index in [4.69, 9.17) is 14.6 Å². The Balaban J connectivity index is 2.24. The van der Waals surface area contributed by atoms with Crippen LogP contribution in [0.25, 0.3) is 0 Å². The van der Waals surface area contributed by atoms with Gasteiger partial charge in [0, 0.05) is 0 Å². The van der Waals surface area contributed by atoms with Gasteiger partial charge in [-0.15, -0.1) is 0 Å². The van der Waals surface area contributed by atoms with Gasteiger partial charge < -0.3 is 19.9 Å². The third-order valence-corrected chi connectivity index (χ3v) is 1.96. The number of aliphatic carboxylic acids is 1. The molecule has 2 N–H and O–H groups in total. The topological polar surface area (TPSA) is 84.9 Å². The van der Waals surface area contributed by atoms with Gasteiger partial charge in [0.25, 0.3) is 5.91 Å². The standard InChI is InChI=1S/C10H9NO5/c12-8-4-15-6-2-1-3-7(10(6)11-8)16-5-9(13)14/h1-3H,4-5H2,(H,11,12)(H,13,14). The van der Waals surface area contributed by atoms with E-state index in [1.54, 1.807) is 18.2 Å². The van der Waals surface area contributed by atoms with Crippen LogP contribution in [0.3, 0.4) is 0 Å². The van der Waals surface area contributed by atoms with Crippen molar-refractivity contribution in [2.24, 2.45) is 0 Å². The minimum atomic E-state index is -1.08. The zero-order chi connectivity index (χ0) is 11.5. The van der Waals surface area contributed by atoms with Gasteiger partial charge in [-0.2, -0.15) is 0 Å². The first-order valence-electron chi connectivity index (χ1n) is 4.57. The maximum Gasteiger partial charge on any atom is 0.341 e. The average molecular weight is 223 g/mol. The summed E-state index contributed by atoms with van der Waals surface area (Å²) in [5.41, 5.74) is 0.375. The fourth-order valence-electron chi connectivity index (χ4n) is 1.33. The predicted molar refractivity (Wildman–Crippen MR) is 53.7 cm³/mol. The molecule has 0 fully saturated rings. The molecule has 1 aliphatic heterocycles. The number of benzene rings is 1. The molecule has 6 nitrogen and oxygen atoms in total. The summed E-state index contributed by atoms with van der Waals surface area (Å²) in [7, 11) is 0. The number of carbonyl (C=O) groups is 2. The first-order chi connectivity index (χ1) is 7.66. The van der Waals surface area contributed by atoms with Crippen LogP contribution in [0, 0.1) is 0 Å². The van der Waals surface area contributed by atoms with E-state index in [-0.39, 0.29) is 18.3 Å². The molecule has 1 aromatic rings. The number of carbonyl (C=O) groups excluding carboxylic acids is 1. The van der Waals surface area contributed by atoms with E-state index in [1.165, 1.54) is 0 Å². The largest absolute Gasteiger partial charge is 0.481 e. The summed E-state index contributed by atoms with van der Waals surface area (Å²) in [5, 5.41) is 11.1. The Kier molecular flexibility index (Phi) is 2.63. The lowest BCUT2D eigenvalue weighted by atomic mass is 10.2. The molecular weight excluding hydrogens is 214 g/mol. The summed E-state index contributed by atoms with van der Waals surface area (Å²) in [5.74, 6) is -0.616. The maximum atomic E-state index is 11.1. The molecule has 0 saturated carbocycles. The molecule has 0 atom stereocenters. The Hall–Kier alpha value is -2.24. The Morgan fingerprint density at radius 3 is 3.12 bits per heavy atom. The van der Waals surface area contributed by atoms with Crippen molar-refractivity contribution in [1.29, 1.82) is 0 Å². The van der Waals surface area contributed by atoms with Crippen molar-refractivity contribution < 1.29 is 24.2 Å². The van der Waals surface area contributed by atoms with Gasteiger partial charge >= 0.3 is 5.97 Å². The van der Waals surface area contributed by atoms with Gasteiger partial charge in [-0.05, 0) is 12.1 Å². The number of ether oxygens (including phenoxy) is 2. The van der Waals surface area contributed by atoms with Gasteiger partial charge in [0.2, 0.25) is 0 Å². The minimum absolute atomic E-state index is 0.0462. The van der Waals surface area contributed by atoms with E-state index in [0.717, 1.165) is 0 Å². The van der Waals surface area contributed by atoms with E-state index in [0.29, 0.717) is 11.4 Å². The monoisotopic (exact) mass is 223 g/mol. The molecule has 1 amide bonds. The lowest BCUT2D eigenvalue weighted by molar-refractivity contribution is -0.139. The highest BCUT2D eigenvalue weighted by atomic mass is 16.5. The second-order valence-electron chi connectivity index (χ2n) is 3.15. The van der Waals surface area contributed by atoms with Gasteiger partial charge in [0.1, 0.15) is 17.2 Å². The Morgan fingerprint density at radius 2 is 2.38 bits per heavy atom. The van der Waals surface area contributed by atoms with Crippen LogP contribution in [-0.2, 0) is 9.59 Å². The van der Waals surface area contributed by atoms with E-state index >= 15 is 0 Å². The third-order valence-electron chi connectivity index (χ3n) is 1.96. The van der Waals surface area contributed by atoms with Crippen molar-refractivity contribution in [1.82, 2.24) is 0 Å². The van der Waals surface area contributed by atoms with Gasteiger partial charge in [0.15, 0.2) is 13.2 Å². The number of hydrogen-bond donors (Lipinski definition) is 2. The molecule has 0 bridgehead atoms. The maximum absolute atomic E-state index is 11.1. The zero-order valence-electron chi connectivity index (χ0n) is 8.23. The van der Waals surface area contributed by atoms with Crippen LogP contribution in [0.4, 0.5) is 5.69 Å². The third kappa shape index (κ3) is 2.05. The van der Waals surface area contributed by atoms with Crippen LogP contribution in [0.5, 0.6) is 11.5 Å². The summed E-state index contributed by atoms with van der Waals surface area (Å²) >= 11 is 0. The van der Waals surface area contributed by atoms with E-state index in [2.05, 4.69) is 5.32 Å². The molecule has 1 heterocycles. The number of rotatable bonds is 3. The van der Waals surface area contributed by atoms with Gasteiger partial charge in [-0.1, -0.05) is 6.07 Å². The number of carboxylic acid groups (broad SMARTS) is 1. The molecule has 0 spiro atoms. The van der Waals surface area contributed by atoms with Crippen molar-refractivity contribution in [2.75, 3.05) is 18.5 Å². The Morgan fingerprint density at radius 1 is 1.56 bits per heavy atom. The normalized spacial score (nSPS) is 13.4. The van der Waals surface area contributed by atoms with Crippen molar-refractivity contribution >= 4 is 17.6 Å². The highest BCUT2D eigenvalue weighted by Gasteiger charge is 2.19. The fraction of sp³-hybridized carbons (Fsp3) is 0.200. The summed E-state index contributed by atoms with van der Waals surface area (Å²) in [6.07, 6.45) is 0. The average Bonchev–Trinajstić information content (AvgIpc) is 2.26. The smallest absolute Gasteiger partial charge is 0.341 e. The summed E-state index contributed by atoms with van der Waals surface area (Å²) < 4.78 is 10.2. The molecule has 84 valence electrons. The summed E-state index contributed by atoms with van der Waals surface area (Å²) in [4.78, 5) is 21.5. The molecule has 0 saturated heterocycles. The fourth-order valence-corrected chi connectivity index (χ4v) is 1.33. The summed E-state index contributed by atoms with van der Waals surface area (Å²) in [6.45, 7) is -0.512. The SMILES string of the molecule is O=C(O)COc1cccc2c1NC(=O)CO2. The molecule has 0 unspecified atom stereocenters. The molecule has 16 heavy (non-hydrogen) atoms. The van der Waals surface area contributed by atoms with Crippen LogP contribution < -0.4 is 14.8 Å². The highest BCUT2D eigenvalue weighted by Crippen LogP contribution is 2.36. The van der Waals surface area contributed by atoms with Gasteiger partial charge in [0.05, 0.1) is 0 Å². The molecule has 0 radical (unpaired) electrons. The lowest BCUT2D eigenvalue weighted by Crippen LogP contribution is -2.26. The molecule has 1 aromatic carbocycles. The minimum Gasteiger partial charge on any atom is -0.481 e. The number of hydrogen-bond acceptors (Lipinski definition) is 4. The Labute approximate surface area is 90.8 Å². The van der Waals surface area contributed by atoms with Crippen molar-refractivity contribution in [3.8, 4) is 11.5 Å². The van der Waals surface area contributed by atoms with E-state index in [1.807, 2.05) is 0 Å². The first kappa shape index (κ1) is 10.3. The van der Waals surface area contributed by atoms with Crippen LogP contribution in [0.1, 0.15) is 0 Å². The van der Waals surface area contributed by atoms with E-state index < -0.39 is 12.6 Å². The predicted octanol–water partition coefficient (Wildman–Crippen LogP) is 0.481. The van der Waals surface area contributed by atoms with Crippen molar-refractivity contribution in [3.05, 3.63) is 18.2 Å². The lowest BCUT2D eigenvalue weighted by Gasteiger charge is -2.20. The second kappa shape index (κ2) is 4.09. The number of carboxylic acids is 1. The van der Waals surface area contributed by atoms with Gasteiger partial charge in [-0.25, -0.2) is 4.79 Å². The molecule has 6 heteroatoms. The molecular formula is C10H9NO5. The molecule has 1 aliphatic rings. The zero-order valence-corrected chi connectivity index (χ0v) is 8.23. The number of nitrogens with one attached hydrogen (secondary N) is 1. The molecule has 2 rings (SSSR count). The molecule has 0 aromatic heterocycles. The number of amides is 1. The van der Waals surface area contributed by atoms with Crippen LogP contribution in [-0.4, -0.2) is 30.2 Å². The second-order valence-corrected chi connectivity index (χ2v) is 3.15. The van der Waals surface area contributed by atoms with Gasteiger partial charge in [-0.3, -0.25) is 4.79 Å². The Bertz CT molecular complexity index is 443. The number of fused-ring (bicyclic) bond motifs is 1. The molecule has 0 aliphatic carbocycles. The van der Waals surface area contributed by atoms with Crippen LogP contribution in [0.15, 0.2) is 18.2 Å². The quantitative estimate of drug-likeness (QED) is 0.778. The van der Waals surface area contributed by atoms with Crippen molar-refractivity contribution in [3.63, 3.8) is 0 Å². The number of para-hydroxylation sites is 1. The van der Waals surface area contributed by atoms with Crippen LogP contribution in [0.2, 0.25) is 0 Å². The van der Waals surface area contributed by atoms with E-state index in [9.17, 15) is 9.59 Å². The first-order valence-corrected chi connectivity index (χ1v) is 4.57. The van der Waals surface area contributed by atoms with Crippen molar-refractivity contribution in [2.45, 2.75) is 0 Å². The van der Waals surface area contributed by atoms with Crippen LogP contribution >= 0.6 is 0 Å². The highest BCUT2D eigenvalue weighted by molar-refractivity contribution is 5.97. The number of anilines is 1.